The van der Waals surface area contributed by atoms with E-state index in [1.54, 1.807) is 18.2 Å². The average molecular weight is 575 g/mol. The maximum atomic E-state index is 13.8. The van der Waals surface area contributed by atoms with Gasteiger partial charge in [-0.15, -0.1) is 0 Å². The van der Waals surface area contributed by atoms with Gasteiger partial charge in [-0.1, -0.05) is 12.1 Å². The molecule has 212 valence electrons. The van der Waals surface area contributed by atoms with Gasteiger partial charge in [0.05, 0.1) is 24.8 Å². The van der Waals surface area contributed by atoms with Gasteiger partial charge in [0.25, 0.3) is 5.91 Å². The van der Waals surface area contributed by atoms with E-state index in [4.69, 9.17) is 9.47 Å². The van der Waals surface area contributed by atoms with Crippen LogP contribution >= 0.6 is 0 Å². The molecule has 0 radical (unpaired) electrons. The van der Waals surface area contributed by atoms with Crippen LogP contribution in [0.3, 0.4) is 0 Å². The molecule has 4 rings (SSSR count). The zero-order valence-electron chi connectivity index (χ0n) is 20.9. The van der Waals surface area contributed by atoms with E-state index in [-0.39, 0.29) is 23.4 Å². The molecule has 3 aromatic carbocycles. The van der Waals surface area contributed by atoms with Crippen LogP contribution in [0.2, 0.25) is 0 Å². The minimum absolute atomic E-state index is 0.151. The van der Waals surface area contributed by atoms with Crippen LogP contribution in [0.25, 0.3) is 0 Å². The van der Waals surface area contributed by atoms with Crippen molar-refractivity contribution < 1.29 is 41.1 Å². The van der Waals surface area contributed by atoms with Crippen molar-refractivity contribution in [3.05, 3.63) is 116 Å². The summed E-state index contributed by atoms with van der Waals surface area (Å²) in [5.41, 5.74) is 3.81. The van der Waals surface area contributed by atoms with E-state index in [1.165, 1.54) is 48.5 Å². The first kappa shape index (κ1) is 28.7. The lowest BCUT2D eigenvalue weighted by Crippen LogP contribution is -2.17. The van der Waals surface area contributed by atoms with Crippen molar-refractivity contribution in [2.24, 2.45) is 5.10 Å². The molecule has 0 unspecified atom stereocenters. The number of halogens is 5. The van der Waals surface area contributed by atoms with Gasteiger partial charge in [0.15, 0.2) is 5.75 Å². The smallest absolute Gasteiger partial charge is 0.307 e. The molecule has 0 fully saturated rings. The molecule has 0 saturated heterocycles. The third-order valence-corrected chi connectivity index (χ3v) is 5.62. The van der Waals surface area contributed by atoms with E-state index < -0.39 is 52.3 Å². The molecule has 0 aliphatic heterocycles. The third-order valence-electron chi connectivity index (χ3n) is 5.62. The first-order chi connectivity index (χ1) is 19.6. The molecule has 1 amide bonds. The maximum absolute atomic E-state index is 13.8. The maximum Gasteiger partial charge on any atom is 0.307 e. The van der Waals surface area contributed by atoms with Crippen molar-refractivity contribution in [1.29, 1.82) is 0 Å². The Morgan fingerprint density at radius 2 is 1.71 bits per heavy atom. The normalized spacial score (nSPS) is 11.1. The second-order valence-corrected chi connectivity index (χ2v) is 8.31. The number of nitrogens with zero attached hydrogens (tertiary/aromatic N) is 4. The summed E-state index contributed by atoms with van der Waals surface area (Å²) >= 11 is 0. The molecule has 1 aromatic heterocycles. The Morgan fingerprint density at radius 1 is 1.05 bits per heavy atom. The number of benzene rings is 3. The van der Waals surface area contributed by atoms with E-state index in [9.17, 15) is 36.9 Å². The molecule has 4 aromatic rings. The Morgan fingerprint density at radius 3 is 2.32 bits per heavy atom. The molecular formula is C26H18F5N5O5. The third kappa shape index (κ3) is 6.46. The van der Waals surface area contributed by atoms with Crippen LogP contribution in [0, 0.1) is 39.2 Å². The van der Waals surface area contributed by atoms with Crippen molar-refractivity contribution in [2.45, 2.75) is 13.2 Å². The fourth-order valence-corrected chi connectivity index (χ4v) is 3.56. The number of amides is 1. The van der Waals surface area contributed by atoms with Crippen LogP contribution < -0.4 is 14.9 Å². The summed E-state index contributed by atoms with van der Waals surface area (Å²) in [5.74, 6) is -12.2. The van der Waals surface area contributed by atoms with Crippen LogP contribution in [0.4, 0.5) is 27.6 Å². The van der Waals surface area contributed by atoms with Gasteiger partial charge in [0, 0.05) is 11.1 Å². The second-order valence-electron chi connectivity index (χ2n) is 8.31. The van der Waals surface area contributed by atoms with Crippen LogP contribution in [-0.4, -0.2) is 33.9 Å². The van der Waals surface area contributed by atoms with Gasteiger partial charge < -0.3 is 9.47 Å². The molecule has 0 aliphatic carbocycles. The van der Waals surface area contributed by atoms with Crippen LogP contribution in [0.15, 0.2) is 60.0 Å². The highest BCUT2D eigenvalue weighted by molar-refractivity contribution is 5.94. The summed E-state index contributed by atoms with van der Waals surface area (Å²) in [6.45, 7) is -0.366. The van der Waals surface area contributed by atoms with Crippen LogP contribution in [-0.2, 0) is 13.2 Å². The van der Waals surface area contributed by atoms with E-state index >= 15 is 0 Å². The van der Waals surface area contributed by atoms with Gasteiger partial charge in [-0.05, 0) is 41.5 Å². The second kappa shape index (κ2) is 12.2. The molecule has 15 heteroatoms. The molecule has 0 atom stereocenters. The number of carbonyl (C=O) groups excluding carboxylic acids is 1. The van der Waals surface area contributed by atoms with Crippen molar-refractivity contribution in [1.82, 2.24) is 15.2 Å². The van der Waals surface area contributed by atoms with Crippen molar-refractivity contribution in [3.8, 4) is 11.5 Å². The van der Waals surface area contributed by atoms with Gasteiger partial charge in [-0.3, -0.25) is 19.6 Å². The lowest BCUT2D eigenvalue weighted by Gasteiger charge is -2.10. The highest BCUT2D eigenvalue weighted by atomic mass is 19.2. The average Bonchev–Trinajstić information content (AvgIpc) is 3.44. The number of aromatic nitrogens is 2. The first-order valence-corrected chi connectivity index (χ1v) is 11.5. The summed E-state index contributed by atoms with van der Waals surface area (Å²) in [7, 11) is 1.47. The first-order valence-electron chi connectivity index (χ1n) is 11.5. The number of methoxy groups -OCH3 is 1. The SMILES string of the molecule is COc1ccc(/C=N/NC(=O)c2ccc(COc3c(F)c(F)c(F)c(F)c3F)cc2)cc1Cn1cc([N+](=O)[O-])cn1. The minimum Gasteiger partial charge on any atom is -0.496 e. The molecule has 10 nitrogen and oxygen atoms in total. The van der Waals surface area contributed by atoms with Gasteiger partial charge in [-0.2, -0.15) is 19.0 Å². The summed E-state index contributed by atoms with van der Waals surface area (Å²) in [6.07, 6.45) is 3.76. The number of ether oxygens (including phenoxy) is 2. The Hall–Kier alpha value is -5.34. The van der Waals surface area contributed by atoms with E-state index in [1.807, 2.05) is 0 Å². The van der Waals surface area contributed by atoms with Gasteiger partial charge in [0.2, 0.25) is 29.1 Å². The number of nitro groups is 1. The van der Waals surface area contributed by atoms with E-state index in [0.717, 1.165) is 6.20 Å². The van der Waals surface area contributed by atoms with E-state index in [2.05, 4.69) is 15.6 Å². The predicted molar refractivity (Wildman–Crippen MR) is 133 cm³/mol. The van der Waals surface area contributed by atoms with Crippen LogP contribution in [0.5, 0.6) is 11.5 Å². The zero-order valence-corrected chi connectivity index (χ0v) is 20.9. The molecular weight excluding hydrogens is 557 g/mol. The fourth-order valence-electron chi connectivity index (χ4n) is 3.56. The highest BCUT2D eigenvalue weighted by Crippen LogP contribution is 2.29. The zero-order chi connectivity index (χ0) is 29.7. The monoisotopic (exact) mass is 575 g/mol. The largest absolute Gasteiger partial charge is 0.496 e. The predicted octanol–water partition coefficient (Wildman–Crippen LogP) is 4.89. The molecule has 1 N–H and O–H groups in total. The number of rotatable bonds is 10. The quantitative estimate of drug-likeness (QED) is 0.0718. The summed E-state index contributed by atoms with van der Waals surface area (Å²) in [6, 6.07) is 10.4. The summed E-state index contributed by atoms with van der Waals surface area (Å²) in [4.78, 5) is 22.7. The topological polar surface area (TPSA) is 121 Å². The Labute approximate surface area is 227 Å². The Bertz CT molecular complexity index is 1610. The highest BCUT2D eigenvalue weighted by Gasteiger charge is 2.27. The standard InChI is InChI=1S/C26H18F5N5O5/c1-40-19-7-4-15(8-17(19)11-35-12-18(10-33-35)36(38)39)9-32-34-26(37)16-5-2-14(3-6-16)13-41-25-23(30)21(28)20(27)22(29)24(25)31/h2-10,12H,11,13H2,1H3,(H,34,37)/b32-9+. The molecule has 1 heterocycles. The Balaban J connectivity index is 1.37. The molecule has 0 bridgehead atoms. The van der Waals surface area contributed by atoms with Crippen molar-refractivity contribution in [2.75, 3.05) is 7.11 Å². The lowest BCUT2D eigenvalue weighted by molar-refractivity contribution is -0.385. The van der Waals surface area contributed by atoms with Gasteiger partial charge in [-0.25, -0.2) is 18.6 Å². The number of nitrogens with one attached hydrogen (secondary N) is 1. The molecule has 0 spiro atoms. The Kier molecular flexibility index (Phi) is 8.55. The van der Waals surface area contributed by atoms with Gasteiger partial charge >= 0.3 is 5.69 Å². The van der Waals surface area contributed by atoms with Gasteiger partial charge in [0.1, 0.15) is 24.8 Å². The minimum atomic E-state index is -2.29. The number of carbonyl (C=O) groups is 1. The molecule has 0 saturated carbocycles. The fraction of sp³-hybridized carbons (Fsp3) is 0.115. The van der Waals surface area contributed by atoms with Crippen molar-refractivity contribution in [3.63, 3.8) is 0 Å². The number of hydrogen-bond donors (Lipinski definition) is 1. The summed E-state index contributed by atoms with van der Waals surface area (Å²) in [5, 5.41) is 18.7. The summed E-state index contributed by atoms with van der Waals surface area (Å²) < 4.78 is 78.8. The van der Waals surface area contributed by atoms with Crippen molar-refractivity contribution >= 4 is 17.8 Å². The van der Waals surface area contributed by atoms with Crippen LogP contribution in [0.1, 0.15) is 27.0 Å². The lowest BCUT2D eigenvalue weighted by atomic mass is 10.1. The number of hydrogen-bond acceptors (Lipinski definition) is 7. The molecule has 0 aliphatic rings. The number of hydrazone groups is 1. The molecule has 41 heavy (non-hydrogen) atoms. The van der Waals surface area contributed by atoms with E-state index in [0.29, 0.717) is 16.9 Å².